The maximum atomic E-state index is 6.13. The number of nitrogens with zero attached hydrogens (tertiary/aromatic N) is 3. The van der Waals surface area contributed by atoms with Crippen molar-refractivity contribution in [2.45, 2.75) is 19.8 Å². The lowest BCUT2D eigenvalue weighted by Crippen LogP contribution is -1.97. The fraction of sp³-hybridized carbons (Fsp3) is 0.167. The van der Waals surface area contributed by atoms with Crippen LogP contribution in [0.15, 0.2) is 53.6 Å². The van der Waals surface area contributed by atoms with E-state index in [0.717, 1.165) is 16.6 Å². The fourth-order valence-electron chi connectivity index (χ4n) is 2.18. The van der Waals surface area contributed by atoms with E-state index in [1.807, 2.05) is 36.4 Å². The van der Waals surface area contributed by atoms with Crippen LogP contribution in [0, 0.1) is 0 Å². The second-order valence-corrected chi connectivity index (χ2v) is 5.90. The molecule has 1 heterocycles. The molecule has 0 aliphatic rings. The van der Waals surface area contributed by atoms with Crippen LogP contribution in [0.5, 0.6) is 0 Å². The molecule has 1 aromatic heterocycles. The number of benzene rings is 2. The zero-order valence-electron chi connectivity index (χ0n) is 13.0. The van der Waals surface area contributed by atoms with Crippen molar-refractivity contribution in [2.24, 2.45) is 5.10 Å². The Balaban J connectivity index is 1.76. The van der Waals surface area contributed by atoms with Crippen LogP contribution in [0.2, 0.25) is 5.15 Å². The first-order valence-corrected chi connectivity index (χ1v) is 7.82. The average Bonchev–Trinajstić information content (AvgIpc) is 2.56. The van der Waals surface area contributed by atoms with Crippen LogP contribution in [-0.4, -0.2) is 16.2 Å². The van der Waals surface area contributed by atoms with Crippen LogP contribution in [0.4, 0.5) is 5.82 Å². The first kappa shape index (κ1) is 15.4. The molecule has 0 bridgehead atoms. The largest absolute Gasteiger partial charge is 0.259 e. The molecular weight excluding hydrogens is 308 g/mol. The van der Waals surface area contributed by atoms with Crippen molar-refractivity contribution in [3.63, 3.8) is 0 Å². The van der Waals surface area contributed by atoms with Gasteiger partial charge >= 0.3 is 0 Å². The Bertz CT molecular complexity index is 841. The molecule has 1 N–H and O–H groups in total. The summed E-state index contributed by atoms with van der Waals surface area (Å²) in [4.78, 5) is 8.72. The molecule has 0 fully saturated rings. The molecule has 0 spiro atoms. The monoisotopic (exact) mass is 324 g/mol. The standard InChI is InChI=1S/C18H17ClN4/c1-12(2)14-9-7-13(8-10-14)11-20-23-18-17(19)21-15-5-3-4-6-16(15)22-18/h3-12H,1-2H3,(H,22,23)/b20-11+. The predicted molar refractivity (Wildman–Crippen MR) is 96.3 cm³/mol. The van der Waals surface area contributed by atoms with Gasteiger partial charge in [-0.15, -0.1) is 0 Å². The number of anilines is 1. The van der Waals surface area contributed by atoms with E-state index in [4.69, 9.17) is 11.6 Å². The lowest BCUT2D eigenvalue weighted by molar-refractivity contribution is 0.866. The lowest BCUT2D eigenvalue weighted by Gasteiger charge is -2.05. The number of hydrazone groups is 1. The third-order valence-electron chi connectivity index (χ3n) is 3.52. The Kier molecular flexibility index (Phi) is 4.53. The number of fused-ring (bicyclic) bond motifs is 1. The van der Waals surface area contributed by atoms with Crippen molar-refractivity contribution < 1.29 is 0 Å². The van der Waals surface area contributed by atoms with E-state index in [1.165, 1.54) is 5.56 Å². The van der Waals surface area contributed by atoms with Crippen molar-refractivity contribution in [3.05, 3.63) is 64.8 Å². The van der Waals surface area contributed by atoms with Crippen molar-refractivity contribution in [3.8, 4) is 0 Å². The lowest BCUT2D eigenvalue weighted by atomic mass is 10.0. The van der Waals surface area contributed by atoms with E-state index in [-0.39, 0.29) is 0 Å². The van der Waals surface area contributed by atoms with Crippen molar-refractivity contribution in [1.29, 1.82) is 0 Å². The summed E-state index contributed by atoms with van der Waals surface area (Å²) in [5.41, 5.74) is 6.70. The normalized spacial score (nSPS) is 11.5. The van der Waals surface area contributed by atoms with Gasteiger partial charge in [0, 0.05) is 0 Å². The number of para-hydroxylation sites is 2. The Morgan fingerprint density at radius 2 is 1.65 bits per heavy atom. The molecule has 0 aliphatic heterocycles. The van der Waals surface area contributed by atoms with E-state index in [1.54, 1.807) is 6.21 Å². The van der Waals surface area contributed by atoms with Gasteiger partial charge in [0.05, 0.1) is 17.2 Å². The number of hydrogen-bond acceptors (Lipinski definition) is 4. The van der Waals surface area contributed by atoms with Crippen LogP contribution >= 0.6 is 11.6 Å². The van der Waals surface area contributed by atoms with Crippen LogP contribution in [0.25, 0.3) is 11.0 Å². The summed E-state index contributed by atoms with van der Waals surface area (Å²) in [6.07, 6.45) is 1.73. The fourth-order valence-corrected chi connectivity index (χ4v) is 2.36. The zero-order valence-corrected chi connectivity index (χ0v) is 13.7. The molecule has 116 valence electrons. The molecule has 0 aliphatic carbocycles. The van der Waals surface area contributed by atoms with Crippen LogP contribution in [-0.2, 0) is 0 Å². The van der Waals surface area contributed by atoms with Crippen molar-refractivity contribution in [2.75, 3.05) is 5.43 Å². The third-order valence-corrected chi connectivity index (χ3v) is 3.78. The smallest absolute Gasteiger partial charge is 0.185 e. The average molecular weight is 325 g/mol. The summed E-state index contributed by atoms with van der Waals surface area (Å²) < 4.78 is 0. The molecule has 0 amide bonds. The van der Waals surface area contributed by atoms with Gasteiger partial charge in [-0.3, -0.25) is 5.43 Å². The van der Waals surface area contributed by atoms with E-state index < -0.39 is 0 Å². The summed E-state index contributed by atoms with van der Waals surface area (Å²) in [7, 11) is 0. The van der Waals surface area contributed by atoms with Gasteiger partial charge in [-0.2, -0.15) is 5.10 Å². The number of nitrogens with one attached hydrogen (secondary N) is 1. The molecule has 0 atom stereocenters. The van der Waals surface area contributed by atoms with E-state index >= 15 is 0 Å². The van der Waals surface area contributed by atoms with E-state index in [0.29, 0.717) is 16.9 Å². The van der Waals surface area contributed by atoms with E-state index in [2.05, 4.69) is 46.5 Å². The summed E-state index contributed by atoms with van der Waals surface area (Å²) >= 11 is 6.13. The number of halogens is 1. The molecule has 3 rings (SSSR count). The molecular formula is C18H17ClN4. The quantitative estimate of drug-likeness (QED) is 0.551. The molecule has 23 heavy (non-hydrogen) atoms. The highest BCUT2D eigenvalue weighted by atomic mass is 35.5. The molecule has 0 unspecified atom stereocenters. The van der Waals surface area contributed by atoms with Crippen LogP contribution in [0.1, 0.15) is 30.9 Å². The van der Waals surface area contributed by atoms with Crippen molar-refractivity contribution >= 4 is 34.7 Å². The van der Waals surface area contributed by atoms with Gasteiger partial charge in [0.25, 0.3) is 0 Å². The maximum absolute atomic E-state index is 6.13. The number of aromatic nitrogens is 2. The first-order chi connectivity index (χ1) is 11.1. The summed E-state index contributed by atoms with van der Waals surface area (Å²) in [5.74, 6) is 0.964. The number of rotatable bonds is 4. The maximum Gasteiger partial charge on any atom is 0.185 e. The van der Waals surface area contributed by atoms with Gasteiger partial charge in [-0.25, -0.2) is 9.97 Å². The van der Waals surface area contributed by atoms with Gasteiger partial charge in [-0.1, -0.05) is 61.8 Å². The Hall–Kier alpha value is -2.46. The van der Waals surface area contributed by atoms with Gasteiger partial charge < -0.3 is 0 Å². The zero-order chi connectivity index (χ0) is 16.2. The molecule has 3 aromatic rings. The molecule has 5 heteroatoms. The van der Waals surface area contributed by atoms with Gasteiger partial charge in [0.2, 0.25) is 0 Å². The molecule has 0 radical (unpaired) electrons. The van der Waals surface area contributed by atoms with Gasteiger partial charge in [-0.05, 0) is 29.2 Å². The minimum absolute atomic E-state index is 0.302. The first-order valence-electron chi connectivity index (χ1n) is 7.45. The third kappa shape index (κ3) is 3.66. The predicted octanol–water partition coefficient (Wildman–Crippen LogP) is 4.85. The Labute approximate surface area is 140 Å². The summed E-state index contributed by atoms with van der Waals surface area (Å²) in [6, 6.07) is 15.9. The molecule has 0 saturated carbocycles. The second-order valence-electron chi connectivity index (χ2n) is 5.54. The van der Waals surface area contributed by atoms with Crippen LogP contribution in [0.3, 0.4) is 0 Å². The highest BCUT2D eigenvalue weighted by molar-refractivity contribution is 6.32. The number of hydrogen-bond donors (Lipinski definition) is 1. The Morgan fingerprint density at radius 1 is 1.00 bits per heavy atom. The summed E-state index contributed by atoms with van der Waals surface area (Å²) in [5, 5.41) is 4.49. The molecule has 0 saturated heterocycles. The minimum atomic E-state index is 0.302. The SMILES string of the molecule is CC(C)c1ccc(/C=N/Nc2nc3ccccc3nc2Cl)cc1. The highest BCUT2D eigenvalue weighted by Gasteiger charge is 2.05. The molecule has 4 nitrogen and oxygen atoms in total. The summed E-state index contributed by atoms with van der Waals surface area (Å²) in [6.45, 7) is 4.34. The minimum Gasteiger partial charge on any atom is -0.259 e. The van der Waals surface area contributed by atoms with Crippen molar-refractivity contribution in [1.82, 2.24) is 9.97 Å². The second kappa shape index (κ2) is 6.75. The van der Waals surface area contributed by atoms with Gasteiger partial charge in [0.1, 0.15) is 0 Å². The van der Waals surface area contributed by atoms with Crippen LogP contribution < -0.4 is 5.43 Å². The van der Waals surface area contributed by atoms with E-state index in [9.17, 15) is 0 Å². The topological polar surface area (TPSA) is 50.2 Å². The highest BCUT2D eigenvalue weighted by Crippen LogP contribution is 2.21. The molecule has 2 aromatic carbocycles. The van der Waals surface area contributed by atoms with Gasteiger partial charge in [0.15, 0.2) is 11.0 Å². The Morgan fingerprint density at radius 3 is 2.30 bits per heavy atom.